The maximum atomic E-state index is 14.6. The Morgan fingerprint density at radius 3 is 2.42 bits per heavy atom. The number of benzene rings is 1. The monoisotopic (exact) mass is 579 g/mol. The molecule has 0 radical (unpaired) electrons. The molecule has 0 bridgehead atoms. The normalized spacial score (nSPS) is 19.8. The molecule has 3 aromatic rings. The van der Waals surface area contributed by atoms with E-state index in [4.69, 9.17) is 5.26 Å². The fraction of sp³-hybridized carbons (Fsp3) is 0.308. The van der Waals surface area contributed by atoms with Gasteiger partial charge < -0.3 is 5.32 Å². The van der Waals surface area contributed by atoms with E-state index in [0.717, 1.165) is 47.0 Å². The lowest BCUT2D eigenvalue weighted by Gasteiger charge is -2.27. The molecule has 0 aliphatic carbocycles. The third-order valence-corrected chi connectivity index (χ3v) is 8.79. The predicted molar refractivity (Wildman–Crippen MR) is 131 cm³/mol. The molecular weight excluding hydrogens is 557 g/mol. The van der Waals surface area contributed by atoms with Gasteiger partial charge >= 0.3 is 6.18 Å². The number of aromatic nitrogens is 2. The molecule has 8 nitrogen and oxygen atoms in total. The number of nitriles is 1. The zero-order valence-corrected chi connectivity index (χ0v) is 21.9. The number of hydrogen-bond acceptors (Lipinski definition) is 6. The van der Waals surface area contributed by atoms with Crippen LogP contribution >= 0.6 is 0 Å². The van der Waals surface area contributed by atoms with Crippen molar-refractivity contribution < 1.29 is 35.2 Å². The zero-order chi connectivity index (χ0) is 29.4. The second kappa shape index (κ2) is 10.9. The summed E-state index contributed by atoms with van der Waals surface area (Å²) >= 11 is 0. The van der Waals surface area contributed by atoms with Crippen LogP contribution in [0.5, 0.6) is 0 Å². The minimum absolute atomic E-state index is 0.00648. The summed E-state index contributed by atoms with van der Waals surface area (Å²) in [6.45, 7) is 3.05. The van der Waals surface area contributed by atoms with Crippen LogP contribution in [-0.2, 0) is 27.5 Å². The summed E-state index contributed by atoms with van der Waals surface area (Å²) in [7, 11) is -4.18. The molecule has 1 aromatic carbocycles. The highest BCUT2D eigenvalue weighted by molar-refractivity contribution is 7.89. The maximum absolute atomic E-state index is 14.6. The smallest absolute Gasteiger partial charge is 0.351 e. The summed E-state index contributed by atoms with van der Waals surface area (Å²) in [6.07, 6.45) is -2.99. The molecule has 1 aliphatic heterocycles. The van der Waals surface area contributed by atoms with Crippen molar-refractivity contribution in [2.75, 3.05) is 0 Å². The van der Waals surface area contributed by atoms with Gasteiger partial charge in [-0.3, -0.25) is 9.78 Å². The molecule has 1 N–H and O–H groups in total. The Morgan fingerprint density at radius 1 is 1.12 bits per heavy atom. The number of hydrogen-bond donors (Lipinski definition) is 1. The van der Waals surface area contributed by atoms with Gasteiger partial charge in [0, 0.05) is 29.9 Å². The van der Waals surface area contributed by atoms with Gasteiger partial charge in [0.05, 0.1) is 22.3 Å². The molecule has 0 unspecified atom stereocenters. The van der Waals surface area contributed by atoms with Crippen molar-refractivity contribution in [3.8, 4) is 17.3 Å². The van der Waals surface area contributed by atoms with Gasteiger partial charge in [0.1, 0.15) is 23.7 Å². The van der Waals surface area contributed by atoms with Crippen molar-refractivity contribution in [1.82, 2.24) is 19.6 Å². The van der Waals surface area contributed by atoms with Crippen molar-refractivity contribution in [2.45, 2.75) is 50.0 Å². The van der Waals surface area contributed by atoms with Crippen molar-refractivity contribution in [1.29, 1.82) is 5.26 Å². The number of rotatable bonds is 6. The number of halogens is 5. The van der Waals surface area contributed by atoms with E-state index in [9.17, 15) is 35.2 Å². The number of alkyl halides is 3. The average Bonchev–Trinajstić information content (AvgIpc) is 3.22. The molecule has 1 aliphatic rings. The topological polar surface area (TPSA) is 116 Å². The molecule has 1 fully saturated rings. The summed E-state index contributed by atoms with van der Waals surface area (Å²) in [5, 5.41) is 11.6. The molecule has 3 atom stereocenters. The van der Waals surface area contributed by atoms with Gasteiger partial charge in [0.2, 0.25) is 15.9 Å². The van der Waals surface area contributed by atoms with Crippen LogP contribution in [0.2, 0.25) is 0 Å². The van der Waals surface area contributed by atoms with Gasteiger partial charge in [0.25, 0.3) is 0 Å². The second-order valence-corrected chi connectivity index (χ2v) is 11.2. The number of nitrogens with zero attached hydrogens (tertiary/aromatic N) is 4. The number of carbonyl (C=O) groups excluding carboxylic acids is 1. The first-order chi connectivity index (χ1) is 18.7. The maximum Gasteiger partial charge on any atom is 0.434 e. The molecule has 2 aromatic heterocycles. The molecule has 0 saturated carbocycles. The first-order valence-corrected chi connectivity index (χ1v) is 13.4. The quantitative estimate of drug-likeness (QED) is 0.433. The van der Waals surface area contributed by atoms with E-state index < -0.39 is 57.1 Å². The first kappa shape index (κ1) is 29.0. The number of carbonyl (C=O) groups is 1. The third-order valence-electron chi connectivity index (χ3n) is 6.78. The van der Waals surface area contributed by atoms with E-state index in [-0.39, 0.29) is 40.6 Å². The van der Waals surface area contributed by atoms with Crippen molar-refractivity contribution in [2.24, 2.45) is 5.92 Å². The Kier molecular flexibility index (Phi) is 7.91. The Labute approximate surface area is 226 Å². The SMILES string of the molecule is C[C@@H]1C[C@@H](C(=O)NCc2cc(-c3cnc(C(F)(F)F)c(C#N)c3)ncc2F)N(S(=O)(=O)c2ccc(F)cc2)[C@H]1C. The van der Waals surface area contributed by atoms with Crippen LogP contribution in [0, 0.1) is 28.9 Å². The van der Waals surface area contributed by atoms with Gasteiger partial charge in [-0.05, 0) is 55.7 Å². The number of pyridine rings is 2. The van der Waals surface area contributed by atoms with Crippen LogP contribution in [0.25, 0.3) is 11.3 Å². The Balaban J connectivity index is 1.57. The van der Waals surface area contributed by atoms with Crippen LogP contribution in [0.4, 0.5) is 22.0 Å². The lowest BCUT2D eigenvalue weighted by molar-refractivity contribution is -0.141. The van der Waals surface area contributed by atoms with Crippen molar-refractivity contribution in [3.05, 3.63) is 77.2 Å². The molecule has 4 rings (SSSR count). The van der Waals surface area contributed by atoms with E-state index in [1.807, 2.05) is 0 Å². The van der Waals surface area contributed by atoms with E-state index in [1.165, 1.54) is 12.1 Å². The van der Waals surface area contributed by atoms with Crippen molar-refractivity contribution >= 4 is 15.9 Å². The molecule has 1 saturated heterocycles. The fourth-order valence-electron chi connectivity index (χ4n) is 4.51. The van der Waals surface area contributed by atoms with Crippen LogP contribution < -0.4 is 5.32 Å². The van der Waals surface area contributed by atoms with Gasteiger partial charge in [-0.2, -0.15) is 22.7 Å². The van der Waals surface area contributed by atoms with E-state index in [0.29, 0.717) is 0 Å². The van der Waals surface area contributed by atoms with Gasteiger partial charge in [-0.15, -0.1) is 0 Å². The van der Waals surface area contributed by atoms with E-state index in [1.54, 1.807) is 13.8 Å². The number of amides is 1. The zero-order valence-electron chi connectivity index (χ0n) is 21.1. The molecular formula is C26H22F5N5O3S. The summed E-state index contributed by atoms with van der Waals surface area (Å²) in [5.41, 5.74) is -2.16. The summed E-state index contributed by atoms with van der Waals surface area (Å²) in [6, 6.07) is 6.09. The lowest BCUT2D eigenvalue weighted by atomic mass is 10.0. The van der Waals surface area contributed by atoms with Gasteiger partial charge in [-0.25, -0.2) is 22.2 Å². The first-order valence-electron chi connectivity index (χ1n) is 11.9. The van der Waals surface area contributed by atoms with Crippen LogP contribution in [0.3, 0.4) is 0 Å². The highest BCUT2D eigenvalue weighted by atomic mass is 32.2. The van der Waals surface area contributed by atoms with Crippen molar-refractivity contribution in [3.63, 3.8) is 0 Å². The Hall–Kier alpha value is -3.96. The average molecular weight is 580 g/mol. The van der Waals surface area contributed by atoms with E-state index >= 15 is 0 Å². The van der Waals surface area contributed by atoms with E-state index in [2.05, 4.69) is 15.3 Å². The largest absolute Gasteiger partial charge is 0.434 e. The molecule has 0 spiro atoms. The second-order valence-electron chi connectivity index (χ2n) is 9.37. The summed E-state index contributed by atoms with van der Waals surface area (Å²) in [4.78, 5) is 20.2. The number of sulfonamides is 1. The molecule has 3 heterocycles. The van der Waals surface area contributed by atoms with Gasteiger partial charge in [0.15, 0.2) is 5.69 Å². The Morgan fingerprint density at radius 2 is 1.80 bits per heavy atom. The summed E-state index contributed by atoms with van der Waals surface area (Å²) in [5.74, 6) is -2.33. The molecule has 14 heteroatoms. The van der Waals surface area contributed by atoms with Gasteiger partial charge in [-0.1, -0.05) is 6.92 Å². The fourth-order valence-corrected chi connectivity index (χ4v) is 6.40. The third kappa shape index (κ3) is 5.66. The Bertz CT molecular complexity index is 1590. The minimum Gasteiger partial charge on any atom is -0.351 e. The number of nitrogens with one attached hydrogen (secondary N) is 1. The van der Waals surface area contributed by atoms with Crippen LogP contribution in [-0.4, -0.2) is 40.7 Å². The standard InChI is InChI=1S/C26H22F5N5O3S/c1-14-7-23(36(15(14)2)40(38,39)20-5-3-19(27)4-6-20)25(37)35-11-17-9-22(33-13-21(17)28)18-8-16(10-32)24(34-12-18)26(29,30)31/h3-6,8-9,12-15,23H,7,11H2,1-2H3,(H,35,37)/t14-,15+,23+/m1/s1. The van der Waals surface area contributed by atoms with Crippen LogP contribution in [0.1, 0.15) is 37.1 Å². The summed E-state index contributed by atoms with van der Waals surface area (Å²) < 4.78 is 94.9. The molecule has 1 amide bonds. The highest BCUT2D eigenvalue weighted by Gasteiger charge is 2.47. The predicted octanol–water partition coefficient (Wildman–Crippen LogP) is 4.42. The molecule has 40 heavy (non-hydrogen) atoms. The highest BCUT2D eigenvalue weighted by Crippen LogP contribution is 2.35. The molecule has 210 valence electrons. The minimum atomic E-state index is -4.84. The van der Waals surface area contributed by atoms with Crippen LogP contribution in [0.15, 0.2) is 53.7 Å². The lowest BCUT2D eigenvalue weighted by Crippen LogP contribution is -2.48.